The first-order valence-electron chi connectivity index (χ1n) is 3.33. The highest BCUT2D eigenvalue weighted by molar-refractivity contribution is 4.77. The molecule has 0 amide bonds. The molecule has 3 heteroatoms. The lowest BCUT2D eigenvalue weighted by atomic mass is 10.1. The molecule has 0 aliphatic carbocycles. The highest BCUT2D eigenvalue weighted by Gasteiger charge is 2.29. The van der Waals surface area contributed by atoms with Crippen LogP contribution in [0.5, 0.6) is 0 Å². The monoisotopic (exact) mass is 131 g/mol. The van der Waals surface area contributed by atoms with Crippen LogP contribution in [0.4, 0.5) is 0 Å². The molecule has 0 bridgehead atoms. The maximum absolute atomic E-state index is 9.15. The Morgan fingerprint density at radius 1 is 1.78 bits per heavy atom. The highest BCUT2D eigenvalue weighted by atomic mass is 16.5. The lowest BCUT2D eigenvalue weighted by Crippen LogP contribution is -2.20. The summed E-state index contributed by atoms with van der Waals surface area (Å²) in [4.78, 5) is 0. The van der Waals surface area contributed by atoms with Crippen LogP contribution in [-0.2, 0) is 4.74 Å². The molecule has 3 nitrogen and oxygen atoms in total. The number of ether oxygens (including phenoxy) is 1. The summed E-state index contributed by atoms with van der Waals surface area (Å²) in [6, 6.07) is 0. The van der Waals surface area contributed by atoms with E-state index in [2.05, 4.69) is 0 Å². The molecule has 1 aliphatic heterocycles. The summed E-state index contributed by atoms with van der Waals surface area (Å²) in [5.41, 5.74) is 5.41. The zero-order chi connectivity index (χ0) is 6.85. The van der Waals surface area contributed by atoms with E-state index in [1.807, 2.05) is 6.92 Å². The minimum Gasteiger partial charge on any atom is -0.390 e. The van der Waals surface area contributed by atoms with Crippen LogP contribution in [0.3, 0.4) is 0 Å². The van der Waals surface area contributed by atoms with Crippen molar-refractivity contribution < 1.29 is 9.84 Å². The number of nitrogens with two attached hydrogens (primary N) is 1. The van der Waals surface area contributed by atoms with Gasteiger partial charge in [0, 0.05) is 6.42 Å². The van der Waals surface area contributed by atoms with E-state index in [0.717, 1.165) is 6.42 Å². The molecule has 1 aliphatic rings. The topological polar surface area (TPSA) is 55.5 Å². The molecule has 1 saturated heterocycles. The average Bonchev–Trinajstić information content (AvgIpc) is 2.10. The smallest absolute Gasteiger partial charge is 0.108 e. The van der Waals surface area contributed by atoms with Crippen LogP contribution in [0.15, 0.2) is 0 Å². The van der Waals surface area contributed by atoms with Crippen LogP contribution in [0.25, 0.3) is 0 Å². The Kier molecular flexibility index (Phi) is 2.05. The van der Waals surface area contributed by atoms with Gasteiger partial charge < -0.3 is 15.6 Å². The van der Waals surface area contributed by atoms with Gasteiger partial charge in [-0.2, -0.15) is 0 Å². The van der Waals surface area contributed by atoms with E-state index in [9.17, 15) is 0 Å². The molecule has 3 atom stereocenters. The van der Waals surface area contributed by atoms with Crippen molar-refractivity contribution in [3.8, 4) is 0 Å². The maximum Gasteiger partial charge on any atom is 0.108 e. The molecule has 54 valence electrons. The Balaban J connectivity index is 2.38. The van der Waals surface area contributed by atoms with Crippen LogP contribution in [0.1, 0.15) is 19.8 Å². The maximum atomic E-state index is 9.15. The zero-order valence-corrected chi connectivity index (χ0v) is 5.58. The van der Waals surface area contributed by atoms with Crippen molar-refractivity contribution in [2.75, 3.05) is 0 Å². The van der Waals surface area contributed by atoms with E-state index >= 15 is 0 Å². The lowest BCUT2D eigenvalue weighted by molar-refractivity contribution is 0.0107. The first-order chi connectivity index (χ1) is 4.24. The molecular formula is C6H13NO2. The second kappa shape index (κ2) is 2.64. The largest absolute Gasteiger partial charge is 0.390 e. The highest BCUT2D eigenvalue weighted by Crippen LogP contribution is 2.18. The molecule has 0 aromatic rings. The minimum atomic E-state index is -0.343. The van der Waals surface area contributed by atoms with E-state index in [-0.39, 0.29) is 18.4 Å². The van der Waals surface area contributed by atoms with Gasteiger partial charge in [-0.3, -0.25) is 0 Å². The fourth-order valence-corrected chi connectivity index (χ4v) is 1.13. The molecular weight excluding hydrogens is 118 g/mol. The summed E-state index contributed by atoms with van der Waals surface area (Å²) in [7, 11) is 0. The van der Waals surface area contributed by atoms with Crippen molar-refractivity contribution in [3.05, 3.63) is 0 Å². The number of aliphatic hydroxyl groups excluding tert-OH is 1. The van der Waals surface area contributed by atoms with Gasteiger partial charge in [0.15, 0.2) is 0 Å². The average molecular weight is 131 g/mol. The van der Waals surface area contributed by atoms with Crippen LogP contribution in [-0.4, -0.2) is 23.5 Å². The Hall–Kier alpha value is -0.120. The van der Waals surface area contributed by atoms with E-state index in [0.29, 0.717) is 6.42 Å². The lowest BCUT2D eigenvalue weighted by Gasteiger charge is -2.09. The predicted molar refractivity (Wildman–Crippen MR) is 33.8 cm³/mol. The van der Waals surface area contributed by atoms with Gasteiger partial charge in [0.25, 0.3) is 0 Å². The van der Waals surface area contributed by atoms with Gasteiger partial charge in [0.1, 0.15) is 6.23 Å². The summed E-state index contributed by atoms with van der Waals surface area (Å²) in [6.45, 7) is 1.98. The Bertz CT molecular complexity index is 97.1. The summed E-state index contributed by atoms with van der Waals surface area (Å²) in [5.74, 6) is 0. The number of rotatable bonds is 1. The van der Waals surface area contributed by atoms with E-state index in [4.69, 9.17) is 15.6 Å². The summed E-state index contributed by atoms with van der Waals surface area (Å²) >= 11 is 0. The third-order valence-corrected chi connectivity index (χ3v) is 1.65. The fraction of sp³-hybridized carbons (Fsp3) is 1.00. The quantitative estimate of drug-likeness (QED) is 0.519. The van der Waals surface area contributed by atoms with Crippen molar-refractivity contribution in [2.24, 2.45) is 5.73 Å². The Morgan fingerprint density at radius 2 is 2.44 bits per heavy atom. The van der Waals surface area contributed by atoms with Crippen LogP contribution >= 0.6 is 0 Å². The second-order valence-electron chi connectivity index (χ2n) is 2.42. The summed E-state index contributed by atoms with van der Waals surface area (Å²) in [6.07, 6.45) is 0.808. The normalized spacial score (nSPS) is 43.7. The predicted octanol–water partition coefficient (Wildman–Crippen LogP) is -0.169. The third-order valence-electron chi connectivity index (χ3n) is 1.65. The van der Waals surface area contributed by atoms with Gasteiger partial charge in [0.05, 0.1) is 12.2 Å². The molecule has 1 rings (SSSR count). The van der Waals surface area contributed by atoms with E-state index in [1.54, 1.807) is 0 Å². The van der Waals surface area contributed by atoms with Crippen molar-refractivity contribution in [3.63, 3.8) is 0 Å². The second-order valence-corrected chi connectivity index (χ2v) is 2.42. The number of aliphatic hydroxyl groups is 1. The number of hydrogen-bond donors (Lipinski definition) is 2. The molecule has 3 N–H and O–H groups in total. The van der Waals surface area contributed by atoms with Crippen molar-refractivity contribution in [1.29, 1.82) is 0 Å². The van der Waals surface area contributed by atoms with Crippen LogP contribution in [0.2, 0.25) is 0 Å². The molecule has 0 unspecified atom stereocenters. The van der Waals surface area contributed by atoms with Gasteiger partial charge >= 0.3 is 0 Å². The van der Waals surface area contributed by atoms with Gasteiger partial charge in [-0.25, -0.2) is 0 Å². The Labute approximate surface area is 54.8 Å². The summed E-state index contributed by atoms with van der Waals surface area (Å²) in [5, 5.41) is 9.15. The zero-order valence-electron chi connectivity index (χ0n) is 5.58. The first-order valence-corrected chi connectivity index (χ1v) is 3.33. The van der Waals surface area contributed by atoms with E-state index < -0.39 is 0 Å². The SMILES string of the molecule is CC[C@H]1O[C@@H](N)C[C@H]1O. The molecule has 9 heavy (non-hydrogen) atoms. The third kappa shape index (κ3) is 1.41. The molecule has 0 saturated carbocycles. The number of hydrogen-bond acceptors (Lipinski definition) is 3. The van der Waals surface area contributed by atoms with Gasteiger partial charge in [0.2, 0.25) is 0 Å². The van der Waals surface area contributed by atoms with Crippen molar-refractivity contribution >= 4 is 0 Å². The standard InChI is InChI=1S/C6H13NO2/c1-2-5-4(8)3-6(7)9-5/h4-6,8H,2-3,7H2,1H3/t4-,5-,6-/m1/s1. The molecule has 0 radical (unpaired) electrons. The van der Waals surface area contributed by atoms with Gasteiger partial charge in [-0.1, -0.05) is 6.92 Å². The van der Waals surface area contributed by atoms with Crippen LogP contribution in [0, 0.1) is 0 Å². The Morgan fingerprint density at radius 3 is 2.67 bits per heavy atom. The molecule has 0 aromatic carbocycles. The summed E-state index contributed by atoms with van der Waals surface area (Å²) < 4.78 is 5.15. The fourth-order valence-electron chi connectivity index (χ4n) is 1.13. The van der Waals surface area contributed by atoms with Crippen molar-refractivity contribution in [2.45, 2.75) is 38.2 Å². The van der Waals surface area contributed by atoms with Crippen molar-refractivity contribution in [1.82, 2.24) is 0 Å². The molecule has 1 heterocycles. The molecule has 0 aromatic heterocycles. The van der Waals surface area contributed by atoms with Crippen LogP contribution < -0.4 is 5.73 Å². The van der Waals surface area contributed by atoms with Gasteiger partial charge in [-0.15, -0.1) is 0 Å². The molecule has 1 fully saturated rings. The van der Waals surface area contributed by atoms with Gasteiger partial charge in [-0.05, 0) is 6.42 Å². The first kappa shape index (κ1) is 6.99. The van der Waals surface area contributed by atoms with E-state index in [1.165, 1.54) is 0 Å². The minimum absolute atomic E-state index is 0.0278. The molecule has 0 spiro atoms.